The summed E-state index contributed by atoms with van der Waals surface area (Å²) in [5.41, 5.74) is 2.51. The molecule has 0 unspecified atom stereocenters. The van der Waals surface area contributed by atoms with Crippen molar-refractivity contribution in [3.05, 3.63) is 94.5 Å². The van der Waals surface area contributed by atoms with Gasteiger partial charge in [-0.15, -0.1) is 10.2 Å². The summed E-state index contributed by atoms with van der Waals surface area (Å²) in [5, 5.41) is 10.1. The van der Waals surface area contributed by atoms with E-state index in [1.54, 1.807) is 28.5 Å². The van der Waals surface area contributed by atoms with Crippen molar-refractivity contribution in [2.45, 2.75) is 18.5 Å². The minimum absolute atomic E-state index is 0.126. The largest absolute Gasteiger partial charge is 0.494 e. The van der Waals surface area contributed by atoms with Crippen molar-refractivity contribution in [2.24, 2.45) is 0 Å². The number of aromatic nitrogens is 4. The van der Waals surface area contributed by atoms with Crippen molar-refractivity contribution in [3.63, 3.8) is 0 Å². The fourth-order valence-corrected chi connectivity index (χ4v) is 4.49. The van der Waals surface area contributed by atoms with Crippen LogP contribution in [-0.2, 0) is 0 Å². The van der Waals surface area contributed by atoms with Crippen molar-refractivity contribution in [2.75, 3.05) is 12.4 Å². The van der Waals surface area contributed by atoms with Crippen LogP contribution in [0.2, 0.25) is 0 Å². The molecule has 2 heterocycles. The summed E-state index contributed by atoms with van der Waals surface area (Å²) in [4.78, 5) is 13.3. The Balaban J connectivity index is 1.43. The first-order chi connectivity index (χ1) is 16.1. The molecule has 0 bridgehead atoms. The van der Waals surface area contributed by atoms with Crippen LogP contribution in [0.1, 0.15) is 12.0 Å². The molecule has 0 N–H and O–H groups in total. The van der Waals surface area contributed by atoms with Crippen molar-refractivity contribution >= 4 is 28.4 Å². The molecule has 0 atom stereocenters. The SMILES string of the molecule is Cc1ccc(-n2c(=O)c3ccccc3n3c(SCCCOc4ccc(F)cc4)nnc23)cc1. The fourth-order valence-electron chi connectivity index (χ4n) is 3.64. The Hall–Kier alpha value is -3.65. The second kappa shape index (κ2) is 9.07. The number of aryl methyl sites for hydroxylation is 1. The number of thioether (sulfide) groups is 1. The summed E-state index contributed by atoms with van der Waals surface area (Å²) in [5.74, 6) is 1.59. The molecule has 5 aromatic rings. The second-order valence-electron chi connectivity index (χ2n) is 7.62. The lowest BCUT2D eigenvalue weighted by Crippen LogP contribution is -2.21. The topological polar surface area (TPSA) is 61.4 Å². The first-order valence-corrected chi connectivity index (χ1v) is 11.6. The highest BCUT2D eigenvalue weighted by molar-refractivity contribution is 7.99. The average molecular weight is 461 g/mol. The van der Waals surface area contributed by atoms with Gasteiger partial charge in [-0.1, -0.05) is 41.6 Å². The number of rotatable bonds is 7. The number of para-hydroxylation sites is 1. The third-order valence-electron chi connectivity index (χ3n) is 5.29. The van der Waals surface area contributed by atoms with Gasteiger partial charge in [0.2, 0.25) is 5.78 Å². The van der Waals surface area contributed by atoms with Gasteiger partial charge in [-0.05, 0) is 61.9 Å². The smallest absolute Gasteiger partial charge is 0.267 e. The minimum Gasteiger partial charge on any atom is -0.494 e. The molecular formula is C25H21FN4O2S. The summed E-state index contributed by atoms with van der Waals surface area (Å²) in [6.45, 7) is 2.51. The molecule has 166 valence electrons. The summed E-state index contributed by atoms with van der Waals surface area (Å²) in [6, 6.07) is 21.3. The van der Waals surface area contributed by atoms with E-state index in [0.717, 1.165) is 28.9 Å². The molecule has 0 radical (unpaired) electrons. The van der Waals surface area contributed by atoms with Crippen molar-refractivity contribution < 1.29 is 9.13 Å². The van der Waals surface area contributed by atoms with Crippen molar-refractivity contribution in [1.29, 1.82) is 0 Å². The first-order valence-electron chi connectivity index (χ1n) is 10.6. The number of nitrogens with zero attached hydrogens (tertiary/aromatic N) is 4. The Kier molecular flexibility index (Phi) is 5.83. The fraction of sp³-hybridized carbons (Fsp3) is 0.160. The number of fused-ring (bicyclic) bond motifs is 3. The quantitative estimate of drug-likeness (QED) is 0.251. The van der Waals surface area contributed by atoms with E-state index in [1.165, 1.54) is 12.1 Å². The minimum atomic E-state index is -0.284. The number of benzene rings is 3. The Morgan fingerprint density at radius 1 is 0.970 bits per heavy atom. The molecule has 0 saturated heterocycles. The monoisotopic (exact) mass is 460 g/mol. The van der Waals surface area contributed by atoms with Gasteiger partial charge >= 0.3 is 0 Å². The highest BCUT2D eigenvalue weighted by Gasteiger charge is 2.17. The van der Waals surface area contributed by atoms with E-state index >= 15 is 0 Å². The van der Waals surface area contributed by atoms with E-state index in [9.17, 15) is 9.18 Å². The van der Waals surface area contributed by atoms with Gasteiger partial charge in [0.1, 0.15) is 11.6 Å². The van der Waals surface area contributed by atoms with Crippen LogP contribution < -0.4 is 10.3 Å². The number of ether oxygens (including phenoxy) is 1. The van der Waals surface area contributed by atoms with Crippen LogP contribution in [0.15, 0.2) is 82.7 Å². The van der Waals surface area contributed by atoms with Gasteiger partial charge in [0.25, 0.3) is 5.56 Å². The molecule has 3 aromatic carbocycles. The normalized spacial score (nSPS) is 11.3. The molecular weight excluding hydrogens is 439 g/mol. The zero-order valence-electron chi connectivity index (χ0n) is 17.9. The number of hydrogen-bond acceptors (Lipinski definition) is 5. The first kappa shape index (κ1) is 21.2. The van der Waals surface area contributed by atoms with Crippen LogP contribution in [-0.4, -0.2) is 31.5 Å². The maximum atomic E-state index is 13.3. The van der Waals surface area contributed by atoms with Gasteiger partial charge in [-0.3, -0.25) is 9.20 Å². The van der Waals surface area contributed by atoms with Gasteiger partial charge in [-0.2, -0.15) is 0 Å². The van der Waals surface area contributed by atoms with Crippen LogP contribution in [0.4, 0.5) is 4.39 Å². The summed E-state index contributed by atoms with van der Waals surface area (Å²) in [7, 11) is 0. The molecule has 33 heavy (non-hydrogen) atoms. The molecule has 5 rings (SSSR count). The van der Waals surface area contributed by atoms with Crippen LogP contribution in [0.25, 0.3) is 22.4 Å². The van der Waals surface area contributed by atoms with Crippen LogP contribution in [0.3, 0.4) is 0 Å². The molecule has 0 aliphatic carbocycles. The Bertz CT molecular complexity index is 1480. The molecule has 0 fully saturated rings. The maximum absolute atomic E-state index is 13.3. The van der Waals surface area contributed by atoms with Gasteiger partial charge in [-0.25, -0.2) is 8.96 Å². The zero-order valence-corrected chi connectivity index (χ0v) is 18.8. The lowest BCUT2D eigenvalue weighted by molar-refractivity contribution is 0.318. The lowest BCUT2D eigenvalue weighted by Gasteiger charge is -2.11. The van der Waals surface area contributed by atoms with Crippen LogP contribution in [0, 0.1) is 12.7 Å². The van der Waals surface area contributed by atoms with Crippen LogP contribution in [0.5, 0.6) is 5.75 Å². The maximum Gasteiger partial charge on any atom is 0.267 e. The van der Waals surface area contributed by atoms with E-state index in [-0.39, 0.29) is 11.4 Å². The lowest BCUT2D eigenvalue weighted by atomic mass is 10.2. The Morgan fingerprint density at radius 3 is 2.52 bits per heavy atom. The van der Waals surface area contributed by atoms with Gasteiger partial charge in [0.15, 0.2) is 5.16 Å². The molecule has 0 aliphatic heterocycles. The van der Waals surface area contributed by atoms with Gasteiger partial charge in [0, 0.05) is 5.75 Å². The molecule has 0 aliphatic rings. The zero-order chi connectivity index (χ0) is 22.8. The summed E-state index contributed by atoms with van der Waals surface area (Å²) in [6.07, 6.45) is 0.770. The van der Waals surface area contributed by atoms with E-state index in [4.69, 9.17) is 4.74 Å². The van der Waals surface area contributed by atoms with Gasteiger partial charge < -0.3 is 4.74 Å². The van der Waals surface area contributed by atoms with E-state index in [1.807, 2.05) is 59.9 Å². The molecule has 6 nitrogen and oxygen atoms in total. The standard InChI is InChI=1S/C25H21FN4O2S/c1-17-7-11-19(12-8-17)29-23(31)21-5-2-3-6-22(21)30-24(29)27-28-25(30)33-16-4-15-32-20-13-9-18(26)10-14-20/h2-3,5-14H,4,15-16H2,1H3. The van der Waals surface area contributed by atoms with E-state index < -0.39 is 0 Å². The van der Waals surface area contributed by atoms with Gasteiger partial charge in [0.05, 0.1) is 23.2 Å². The van der Waals surface area contributed by atoms with Crippen molar-refractivity contribution in [3.8, 4) is 11.4 Å². The molecule has 0 saturated carbocycles. The van der Waals surface area contributed by atoms with E-state index in [0.29, 0.717) is 28.7 Å². The third kappa shape index (κ3) is 4.21. The summed E-state index contributed by atoms with van der Waals surface area (Å²) >= 11 is 1.56. The van der Waals surface area contributed by atoms with Crippen LogP contribution >= 0.6 is 11.8 Å². The Morgan fingerprint density at radius 2 is 1.73 bits per heavy atom. The molecule has 8 heteroatoms. The van der Waals surface area contributed by atoms with Crippen molar-refractivity contribution in [1.82, 2.24) is 19.2 Å². The predicted octanol–water partition coefficient (Wildman–Crippen LogP) is 5.04. The molecule has 0 spiro atoms. The molecule has 2 aromatic heterocycles. The average Bonchev–Trinajstić information content (AvgIpc) is 3.25. The number of halogens is 1. The third-order valence-corrected chi connectivity index (χ3v) is 6.30. The summed E-state index contributed by atoms with van der Waals surface area (Å²) < 4.78 is 22.2. The number of hydrogen-bond donors (Lipinski definition) is 0. The predicted molar refractivity (Wildman–Crippen MR) is 128 cm³/mol. The second-order valence-corrected chi connectivity index (χ2v) is 8.68. The highest BCUT2D eigenvalue weighted by atomic mass is 32.2. The Labute approximate surface area is 193 Å². The highest BCUT2D eigenvalue weighted by Crippen LogP contribution is 2.24. The molecule has 0 amide bonds. The van der Waals surface area contributed by atoms with E-state index in [2.05, 4.69) is 10.2 Å².